The quantitative estimate of drug-likeness (QED) is 0.448. The van der Waals surface area contributed by atoms with Crippen molar-refractivity contribution in [2.75, 3.05) is 0 Å². The number of aromatic nitrogens is 8. The Balaban J connectivity index is 1.90. The first-order valence-corrected chi connectivity index (χ1v) is 8.58. The molecule has 0 bridgehead atoms. The molecule has 0 fully saturated rings. The molecule has 128 valence electrons. The average molecular weight is 353 g/mol. The van der Waals surface area contributed by atoms with Gasteiger partial charge in [-0.25, -0.2) is 28.2 Å². The zero-order chi connectivity index (χ0) is 17.5. The van der Waals surface area contributed by atoms with Gasteiger partial charge in [-0.2, -0.15) is 0 Å². The second kappa shape index (κ2) is 4.39. The smallest absolute Gasteiger partial charge is 0.225 e. The Morgan fingerprint density at radius 2 is 1.41 bits per heavy atom. The van der Waals surface area contributed by atoms with Gasteiger partial charge in [-0.15, -0.1) is 0 Å². The summed E-state index contributed by atoms with van der Waals surface area (Å²) >= 11 is 0. The van der Waals surface area contributed by atoms with Crippen LogP contribution in [-0.2, 0) is 6.54 Å². The standard InChI is InChI=1S/C18H11N9/c1-4-19-7-13-10(1)22-16-25(13)17-23-12-3-6-21-9-15(12)27(17)18-24-11-2-5-20-8-14(11)26(16)18/h1-8,21H,9H2. The molecule has 9 nitrogen and oxygen atoms in total. The van der Waals surface area contributed by atoms with Gasteiger partial charge in [-0.1, -0.05) is 0 Å². The molecule has 1 aliphatic heterocycles. The molecule has 1 N–H and O–H groups in total. The van der Waals surface area contributed by atoms with E-state index in [9.17, 15) is 0 Å². The highest BCUT2D eigenvalue weighted by Gasteiger charge is 2.23. The van der Waals surface area contributed by atoms with Crippen molar-refractivity contribution in [3.63, 3.8) is 0 Å². The Hall–Kier alpha value is -4.01. The minimum absolute atomic E-state index is 0.681. The van der Waals surface area contributed by atoms with E-state index in [2.05, 4.69) is 19.7 Å². The van der Waals surface area contributed by atoms with E-state index >= 15 is 0 Å². The van der Waals surface area contributed by atoms with Gasteiger partial charge in [0, 0.05) is 12.4 Å². The normalized spacial score (nSPS) is 13.9. The third-order valence-electron chi connectivity index (χ3n) is 5.09. The van der Waals surface area contributed by atoms with Crippen LogP contribution in [-0.4, -0.2) is 38.1 Å². The van der Waals surface area contributed by atoms with Crippen LogP contribution >= 0.6 is 0 Å². The summed E-state index contributed by atoms with van der Waals surface area (Å²) in [7, 11) is 0. The number of pyridine rings is 2. The number of nitrogens with one attached hydrogen (secondary N) is 1. The molecule has 6 aromatic heterocycles. The lowest BCUT2D eigenvalue weighted by atomic mass is 10.2. The monoisotopic (exact) mass is 353 g/mol. The molecule has 6 aromatic rings. The maximum Gasteiger partial charge on any atom is 0.225 e. The summed E-state index contributed by atoms with van der Waals surface area (Å²) in [6.07, 6.45) is 11.0. The second-order valence-electron chi connectivity index (χ2n) is 6.52. The highest BCUT2D eigenvalue weighted by atomic mass is 15.3. The van der Waals surface area contributed by atoms with Crippen LogP contribution in [0.25, 0.3) is 45.5 Å². The van der Waals surface area contributed by atoms with Crippen molar-refractivity contribution in [1.82, 2.24) is 43.4 Å². The molecule has 1 aliphatic rings. The van der Waals surface area contributed by atoms with Gasteiger partial charge >= 0.3 is 0 Å². The topological polar surface area (TPSA) is 89.7 Å². The summed E-state index contributed by atoms with van der Waals surface area (Å²) in [5, 5.41) is 3.27. The summed E-state index contributed by atoms with van der Waals surface area (Å²) < 4.78 is 6.16. The molecule has 0 saturated heterocycles. The minimum Gasteiger partial charge on any atom is -0.385 e. The molecule has 0 spiro atoms. The fourth-order valence-corrected chi connectivity index (χ4v) is 3.93. The Kier molecular flexibility index (Phi) is 2.15. The highest BCUT2D eigenvalue weighted by Crippen LogP contribution is 2.27. The molecule has 0 amide bonds. The Morgan fingerprint density at radius 1 is 0.778 bits per heavy atom. The lowest BCUT2D eigenvalue weighted by molar-refractivity contribution is 0.808. The van der Waals surface area contributed by atoms with E-state index in [4.69, 9.17) is 15.0 Å². The molecule has 7 heterocycles. The second-order valence-corrected chi connectivity index (χ2v) is 6.52. The number of imidazole rings is 3. The molecular weight excluding hydrogens is 342 g/mol. The van der Waals surface area contributed by atoms with Crippen molar-refractivity contribution >= 4 is 45.5 Å². The van der Waals surface area contributed by atoms with Crippen molar-refractivity contribution in [3.05, 3.63) is 54.5 Å². The zero-order valence-corrected chi connectivity index (χ0v) is 13.9. The minimum atomic E-state index is 0.681. The van der Waals surface area contributed by atoms with E-state index in [1.54, 1.807) is 12.4 Å². The third kappa shape index (κ3) is 1.48. The molecule has 0 saturated carbocycles. The van der Waals surface area contributed by atoms with Gasteiger partial charge < -0.3 is 5.32 Å². The van der Waals surface area contributed by atoms with Gasteiger partial charge in [-0.05, 0) is 24.4 Å². The number of nitrogens with zero attached hydrogens (tertiary/aromatic N) is 8. The van der Waals surface area contributed by atoms with Crippen LogP contribution in [0.5, 0.6) is 0 Å². The molecule has 0 aromatic carbocycles. The first-order chi connectivity index (χ1) is 13.4. The number of hydrogen-bond donors (Lipinski definition) is 1. The van der Waals surface area contributed by atoms with Crippen molar-refractivity contribution in [2.45, 2.75) is 6.54 Å². The molecule has 7 rings (SSSR count). The summed E-state index contributed by atoms with van der Waals surface area (Å²) in [6, 6.07) is 3.82. The van der Waals surface area contributed by atoms with Crippen LogP contribution in [0, 0.1) is 0 Å². The summed E-state index contributed by atoms with van der Waals surface area (Å²) in [5.74, 6) is 2.29. The first-order valence-electron chi connectivity index (χ1n) is 8.58. The fraction of sp³-hybridized carbons (Fsp3) is 0.0556. The molecular formula is C18H11N9. The summed E-state index contributed by atoms with van der Waals surface area (Å²) in [5.41, 5.74) is 5.53. The Morgan fingerprint density at radius 3 is 2.11 bits per heavy atom. The van der Waals surface area contributed by atoms with E-state index in [0.29, 0.717) is 6.54 Å². The van der Waals surface area contributed by atoms with E-state index in [-0.39, 0.29) is 0 Å². The number of hydrogen-bond acceptors (Lipinski definition) is 6. The molecule has 0 radical (unpaired) electrons. The van der Waals surface area contributed by atoms with Gasteiger partial charge in [0.15, 0.2) is 0 Å². The average Bonchev–Trinajstić information content (AvgIpc) is 3.38. The maximum atomic E-state index is 4.89. The number of fused-ring (bicyclic) bond motifs is 12. The lowest BCUT2D eigenvalue weighted by Gasteiger charge is -2.09. The lowest BCUT2D eigenvalue weighted by Crippen LogP contribution is -2.13. The van der Waals surface area contributed by atoms with E-state index in [1.165, 1.54) is 0 Å². The van der Waals surface area contributed by atoms with E-state index < -0.39 is 0 Å². The van der Waals surface area contributed by atoms with Crippen LogP contribution in [0.15, 0.2) is 43.1 Å². The zero-order valence-electron chi connectivity index (χ0n) is 13.9. The van der Waals surface area contributed by atoms with Gasteiger partial charge in [0.1, 0.15) is 0 Å². The Labute approximate surface area is 150 Å². The maximum absolute atomic E-state index is 4.89. The third-order valence-corrected chi connectivity index (χ3v) is 5.09. The van der Waals surface area contributed by atoms with Gasteiger partial charge in [0.25, 0.3) is 0 Å². The summed E-state index contributed by atoms with van der Waals surface area (Å²) in [6.45, 7) is 0.681. The number of rotatable bonds is 0. The SMILES string of the molecule is C1=Cc2nc3n(c2CN1)c1nc2ccncc2n1c1nc2ccncc2n31. The molecule has 0 unspecified atom stereocenters. The predicted octanol–water partition coefficient (Wildman–Crippen LogP) is 1.80. The van der Waals surface area contributed by atoms with Crippen LogP contribution in [0.2, 0.25) is 0 Å². The van der Waals surface area contributed by atoms with Gasteiger partial charge in [-0.3, -0.25) is 9.97 Å². The molecule has 9 heteroatoms. The molecule has 27 heavy (non-hydrogen) atoms. The van der Waals surface area contributed by atoms with Crippen molar-refractivity contribution < 1.29 is 0 Å². The van der Waals surface area contributed by atoms with Crippen molar-refractivity contribution in [1.29, 1.82) is 0 Å². The fourth-order valence-electron chi connectivity index (χ4n) is 3.93. The van der Waals surface area contributed by atoms with E-state index in [1.807, 2.05) is 45.6 Å². The predicted molar refractivity (Wildman–Crippen MR) is 99.2 cm³/mol. The van der Waals surface area contributed by atoms with Gasteiger partial charge in [0.2, 0.25) is 17.3 Å². The van der Waals surface area contributed by atoms with Crippen molar-refractivity contribution in [2.24, 2.45) is 0 Å². The van der Waals surface area contributed by atoms with Crippen LogP contribution in [0.3, 0.4) is 0 Å². The van der Waals surface area contributed by atoms with Gasteiger partial charge in [0.05, 0.1) is 52.4 Å². The molecule has 0 aliphatic carbocycles. The first kappa shape index (κ1) is 13.2. The van der Waals surface area contributed by atoms with Crippen LogP contribution in [0.1, 0.15) is 11.4 Å². The van der Waals surface area contributed by atoms with Crippen LogP contribution in [0.4, 0.5) is 0 Å². The Bertz CT molecular complexity index is 1580. The largest absolute Gasteiger partial charge is 0.385 e. The van der Waals surface area contributed by atoms with E-state index in [0.717, 1.165) is 50.8 Å². The van der Waals surface area contributed by atoms with Crippen molar-refractivity contribution in [3.8, 4) is 0 Å². The summed E-state index contributed by atoms with van der Waals surface area (Å²) in [4.78, 5) is 23.2. The van der Waals surface area contributed by atoms with Crippen LogP contribution < -0.4 is 5.32 Å². The highest BCUT2D eigenvalue weighted by molar-refractivity contribution is 5.86. The molecule has 0 atom stereocenters.